The number of ether oxygens (including phenoxy) is 1. The Balaban J connectivity index is 1.12. The molecule has 7 aromatic heterocycles. The van der Waals surface area contributed by atoms with E-state index in [0.29, 0.717) is 98.5 Å². The maximum absolute atomic E-state index is 14.4. The Labute approximate surface area is 533 Å². The number of thiazole rings is 6. The number of nitrogens with zero attached hydrogens (tertiary/aromatic N) is 8. The van der Waals surface area contributed by atoms with Crippen LogP contribution in [0.2, 0.25) is 0 Å². The van der Waals surface area contributed by atoms with E-state index >= 15 is 0 Å². The van der Waals surface area contributed by atoms with Crippen LogP contribution in [0.4, 0.5) is 5.82 Å². The zero-order valence-corrected chi connectivity index (χ0v) is 53.5. The average Bonchev–Trinajstić information content (AvgIpc) is 3.10. The third-order valence-corrected chi connectivity index (χ3v) is 19.3. The van der Waals surface area contributed by atoms with Gasteiger partial charge in [-0.2, -0.15) is 0 Å². The minimum atomic E-state index is -1.29. The molecule has 1 aliphatic heterocycles. The van der Waals surface area contributed by atoms with Gasteiger partial charge in [0.1, 0.15) is 76.4 Å². The zero-order valence-electron chi connectivity index (χ0n) is 48.6. The fourth-order valence-corrected chi connectivity index (χ4v) is 14.5. The van der Waals surface area contributed by atoms with Crippen molar-refractivity contribution < 1.29 is 53.6 Å². The van der Waals surface area contributed by atoms with Gasteiger partial charge in [-0.05, 0) is 61.4 Å². The number of aliphatic carboxylic acids is 2. The van der Waals surface area contributed by atoms with Gasteiger partial charge in [0, 0.05) is 58.8 Å². The van der Waals surface area contributed by atoms with E-state index in [0.717, 1.165) is 34.0 Å². The summed E-state index contributed by atoms with van der Waals surface area (Å²) in [5.41, 5.74) is 3.74. The molecule has 0 aliphatic carbocycles. The van der Waals surface area contributed by atoms with Gasteiger partial charge in [0.2, 0.25) is 11.8 Å². The molecule has 24 nitrogen and oxygen atoms in total. The van der Waals surface area contributed by atoms with Gasteiger partial charge in [0.05, 0.1) is 48.6 Å². The highest BCUT2D eigenvalue weighted by atomic mass is 32.1. The van der Waals surface area contributed by atoms with Gasteiger partial charge in [-0.15, -0.1) is 68.0 Å². The molecule has 0 radical (unpaired) electrons. The highest BCUT2D eigenvalue weighted by molar-refractivity contribution is 7.15. The average molecular weight is 1320 g/mol. The number of fused-ring (bicyclic) bond motifs is 14. The fourth-order valence-electron chi connectivity index (χ4n) is 9.05. The highest BCUT2D eigenvalue weighted by Crippen LogP contribution is 2.40. The highest BCUT2D eigenvalue weighted by Gasteiger charge is 2.33. The molecule has 0 spiro atoms. The van der Waals surface area contributed by atoms with Gasteiger partial charge in [-0.1, -0.05) is 56.3 Å². The van der Waals surface area contributed by atoms with Crippen LogP contribution in [-0.2, 0) is 30.5 Å². The van der Waals surface area contributed by atoms with Crippen LogP contribution in [-0.4, -0.2) is 119 Å². The van der Waals surface area contributed by atoms with Crippen LogP contribution in [0.1, 0.15) is 139 Å². The number of aliphatic hydroxyl groups excluding tert-OH is 1. The maximum atomic E-state index is 14.4. The number of aliphatic imine (C=N–C) groups is 1. The molecule has 9 rings (SSSR count). The zero-order chi connectivity index (χ0) is 63.5. The third kappa shape index (κ3) is 16.2. The number of aryl methyl sites for hydroxylation is 1. The molecule has 0 fully saturated rings. The van der Waals surface area contributed by atoms with Crippen LogP contribution in [0.5, 0.6) is 0 Å². The Bertz CT molecular complexity index is 4030. The van der Waals surface area contributed by atoms with Gasteiger partial charge in [0.15, 0.2) is 5.82 Å². The number of rotatable bonds is 17. The molecule has 89 heavy (non-hydrogen) atoms. The first-order valence-electron chi connectivity index (χ1n) is 27.6. The van der Waals surface area contributed by atoms with Gasteiger partial charge >= 0.3 is 11.9 Å². The third-order valence-electron chi connectivity index (χ3n) is 13.5. The number of carbonyl (C=O) groups is 7. The number of amides is 5. The first kappa shape index (κ1) is 65.0. The summed E-state index contributed by atoms with van der Waals surface area (Å²) < 4.78 is 5.45. The lowest BCUT2D eigenvalue weighted by atomic mass is 10.0. The molecule has 0 saturated heterocycles. The van der Waals surface area contributed by atoms with E-state index < -0.39 is 72.2 Å². The van der Waals surface area contributed by atoms with Crippen LogP contribution >= 0.6 is 68.0 Å². The monoisotopic (exact) mass is 1320 g/mol. The number of hydrogen-bond acceptors (Lipinski definition) is 23. The van der Waals surface area contributed by atoms with Gasteiger partial charge < -0.3 is 46.6 Å². The lowest BCUT2D eigenvalue weighted by molar-refractivity contribution is -0.137. The molecule has 8 heterocycles. The Kier molecular flexibility index (Phi) is 21.7. The number of benzene rings is 1. The van der Waals surface area contributed by atoms with Crippen molar-refractivity contribution in [2.24, 2.45) is 10.9 Å². The van der Waals surface area contributed by atoms with E-state index in [1.165, 1.54) is 54.4 Å². The second-order valence-electron chi connectivity index (χ2n) is 20.3. The lowest BCUT2D eigenvalue weighted by Crippen LogP contribution is -2.40. The van der Waals surface area contributed by atoms with Crippen molar-refractivity contribution >= 4 is 122 Å². The number of allylic oxidation sites excluding steroid dienone is 3. The summed E-state index contributed by atoms with van der Waals surface area (Å²) in [5, 5.41) is 53.9. The molecule has 1 aromatic carbocycles. The smallest absolute Gasteiger partial charge is 0.307 e. The lowest BCUT2D eigenvalue weighted by Gasteiger charge is -2.23. The fraction of sp³-hybridized carbons (Fsp3) is 0.305. The van der Waals surface area contributed by atoms with Crippen molar-refractivity contribution in [2.45, 2.75) is 90.6 Å². The quantitative estimate of drug-likeness (QED) is 0.0310. The Morgan fingerprint density at radius 3 is 2.17 bits per heavy atom. The van der Waals surface area contributed by atoms with Crippen molar-refractivity contribution in [2.75, 3.05) is 20.7 Å². The van der Waals surface area contributed by atoms with Crippen LogP contribution < -0.4 is 26.6 Å². The minimum Gasteiger partial charge on any atom is -0.481 e. The first-order valence-corrected chi connectivity index (χ1v) is 32.7. The second-order valence-corrected chi connectivity index (χ2v) is 26.1. The number of carbonyl (C=O) groups excluding carboxylic acids is 5. The predicted octanol–water partition coefficient (Wildman–Crippen LogP) is 9.62. The molecule has 8 N–H and O–H groups in total. The Hall–Kier alpha value is -8.49. The normalized spacial score (nSPS) is 16.6. The molecule has 4 atom stereocenters. The van der Waals surface area contributed by atoms with Crippen molar-refractivity contribution in [3.8, 4) is 43.4 Å². The molecule has 30 heteroatoms. The number of carboxylic acid groups (broad SMARTS) is 2. The molecule has 10 bridgehead atoms. The topological polar surface area (TPSA) is 352 Å². The molecular weight excluding hydrogens is 1260 g/mol. The largest absolute Gasteiger partial charge is 0.481 e. The number of carboxylic acids is 2. The Morgan fingerprint density at radius 1 is 0.719 bits per heavy atom. The van der Waals surface area contributed by atoms with Crippen molar-refractivity contribution in [3.63, 3.8) is 0 Å². The number of aromatic nitrogens is 7. The van der Waals surface area contributed by atoms with E-state index in [4.69, 9.17) is 39.6 Å². The van der Waals surface area contributed by atoms with Crippen LogP contribution in [0.3, 0.4) is 0 Å². The van der Waals surface area contributed by atoms with Gasteiger partial charge in [-0.25, -0.2) is 39.9 Å². The van der Waals surface area contributed by atoms with Gasteiger partial charge in [0.25, 0.3) is 17.7 Å². The summed E-state index contributed by atoms with van der Waals surface area (Å²) in [6, 6.07) is 9.42. The summed E-state index contributed by atoms with van der Waals surface area (Å²) in [5.74, 6) is -4.87. The van der Waals surface area contributed by atoms with E-state index in [-0.39, 0.29) is 53.9 Å². The summed E-state index contributed by atoms with van der Waals surface area (Å²) in [7, 11) is 2.93. The van der Waals surface area contributed by atoms with E-state index in [1.54, 1.807) is 90.0 Å². The number of pyridine rings is 1. The van der Waals surface area contributed by atoms with Crippen molar-refractivity contribution in [3.05, 3.63) is 135 Å². The van der Waals surface area contributed by atoms with E-state index in [1.807, 2.05) is 13.8 Å². The predicted molar refractivity (Wildman–Crippen MR) is 341 cm³/mol. The Morgan fingerprint density at radius 2 is 1.44 bits per heavy atom. The molecule has 8 aromatic rings. The number of nitrogens with one attached hydrogen (secondary N) is 5. The van der Waals surface area contributed by atoms with E-state index in [9.17, 15) is 48.9 Å². The molecule has 1 aliphatic rings. The molecule has 1 unspecified atom stereocenters. The first-order chi connectivity index (χ1) is 42.8. The minimum absolute atomic E-state index is 0.00675. The second kappa shape index (κ2) is 29.7. The van der Waals surface area contributed by atoms with Crippen LogP contribution in [0, 0.1) is 12.8 Å². The summed E-state index contributed by atoms with van der Waals surface area (Å²) in [6.07, 6.45) is 3.65. The number of aliphatic hydroxyl groups is 1. The maximum Gasteiger partial charge on any atom is 0.307 e. The van der Waals surface area contributed by atoms with Crippen molar-refractivity contribution in [1.82, 2.24) is 61.5 Å². The SMILES string of the molecule is C\C=C(/C=C(\C=N\c1csc(-c2ccc3c(n2)-c2csc(n2)-c2csc(n2)[C@H]([C@@H](O)c2ccccc2)NC(=O)CNC(=O)c2nc(sc2COC)C(C(C)C)NC(=O)c2nc(sc2C)[C@H](CC(=O)NC)NC(=O)c2csc-3n2)n1)CCCC(=O)O)CC(=O)O. The number of methoxy groups -OCH3 is 1. The summed E-state index contributed by atoms with van der Waals surface area (Å²) in [6.45, 7) is 6.64. The summed E-state index contributed by atoms with van der Waals surface area (Å²) in [4.78, 5) is 132. The van der Waals surface area contributed by atoms with Crippen molar-refractivity contribution in [1.29, 1.82) is 0 Å². The van der Waals surface area contributed by atoms with E-state index in [2.05, 4.69) is 31.6 Å². The molecular formula is C59H59N13O11S6. The van der Waals surface area contributed by atoms with Crippen LogP contribution in [0.15, 0.2) is 92.3 Å². The number of hydrogen-bond donors (Lipinski definition) is 8. The molecule has 5 amide bonds. The molecule has 462 valence electrons. The standard InChI is InChI=1S/C59H59N13O11S6/c1-7-30(19-44(77)78)18-31(12-11-15-43(75)76)21-61-40-27-87-55(68-40)34-17-16-33-47(63-34)36-24-85-56(65-36)38-26-86-58(67-38)49(50(79)32-13-9-8-10-14-32)69-42(74)22-62-52(81)48-39(23-83-6)89-59(72-48)45(28(2)3)70-53(82)46-29(4)88-57(71-46)35(20-41(73)60-5)64-51(80)37-25-84-54(33)66-37/h7-10,13-14,16-18,21,24-28,35,45,49-50,79H,11-12,15,19-20,22-23H2,1-6H3,(H,60,73)(H,62,81)(H,64,80)(H,69,74)(H,70,82)(H,75,76)(H,77,78)/b30-7+,31-18-,61-21+/t35-,45?,49-,50-/m0/s1. The van der Waals surface area contributed by atoms with Gasteiger partial charge in [-0.3, -0.25) is 33.6 Å². The summed E-state index contributed by atoms with van der Waals surface area (Å²) >= 11 is 7.15. The van der Waals surface area contributed by atoms with Crippen LogP contribution in [0.25, 0.3) is 43.4 Å². The molecule has 0 saturated carbocycles.